The number of benzene rings is 1. The van der Waals surface area contributed by atoms with Crippen molar-refractivity contribution in [3.05, 3.63) is 39.9 Å². The van der Waals surface area contributed by atoms with Gasteiger partial charge in [-0.05, 0) is 6.42 Å². The minimum atomic E-state index is -0.512. The van der Waals surface area contributed by atoms with Crippen molar-refractivity contribution in [2.45, 2.75) is 51.9 Å². The molecule has 1 aromatic carbocycles. The van der Waals surface area contributed by atoms with Crippen LogP contribution in [0.4, 0.5) is 5.69 Å². The van der Waals surface area contributed by atoms with E-state index in [-0.39, 0.29) is 31.6 Å². The highest BCUT2D eigenvalue weighted by Gasteiger charge is 2.13. The predicted octanol–water partition coefficient (Wildman–Crippen LogP) is 3.58. The van der Waals surface area contributed by atoms with Crippen molar-refractivity contribution in [1.82, 2.24) is 0 Å². The van der Waals surface area contributed by atoms with Gasteiger partial charge in [0, 0.05) is 18.1 Å². The monoisotopic (exact) mass is 351 g/mol. The summed E-state index contributed by atoms with van der Waals surface area (Å²) in [6.45, 7) is 2.52. The van der Waals surface area contributed by atoms with Crippen LogP contribution in [0.3, 0.4) is 0 Å². The van der Waals surface area contributed by atoms with Gasteiger partial charge in [-0.25, -0.2) is 0 Å². The Balaban J connectivity index is 2.19. The van der Waals surface area contributed by atoms with Gasteiger partial charge in [-0.15, -0.1) is 0 Å². The first kappa shape index (κ1) is 20.6. The van der Waals surface area contributed by atoms with E-state index in [4.69, 9.17) is 9.47 Å². The molecule has 0 N–H and O–H groups in total. The van der Waals surface area contributed by atoms with E-state index in [0.29, 0.717) is 12.2 Å². The SMILES string of the molecule is CCCCCCOC(=O)CCC(=O)OCCc1ccccc1[N+](=O)[O-]. The number of hydrogen-bond donors (Lipinski definition) is 0. The van der Waals surface area contributed by atoms with E-state index >= 15 is 0 Å². The van der Waals surface area contributed by atoms with E-state index in [1.165, 1.54) is 6.07 Å². The second kappa shape index (κ2) is 12.0. The minimum Gasteiger partial charge on any atom is -0.466 e. The molecule has 1 rings (SSSR count). The van der Waals surface area contributed by atoms with Crippen LogP contribution in [-0.2, 0) is 25.5 Å². The van der Waals surface area contributed by atoms with Gasteiger partial charge in [0.25, 0.3) is 5.69 Å². The van der Waals surface area contributed by atoms with Crippen molar-refractivity contribution in [1.29, 1.82) is 0 Å². The molecular formula is C18H25NO6. The van der Waals surface area contributed by atoms with Crippen molar-refractivity contribution in [2.75, 3.05) is 13.2 Å². The summed E-state index contributed by atoms with van der Waals surface area (Å²) in [6, 6.07) is 6.32. The van der Waals surface area contributed by atoms with Gasteiger partial charge in [0.15, 0.2) is 0 Å². The predicted molar refractivity (Wildman–Crippen MR) is 92.1 cm³/mol. The Bertz CT molecular complexity index is 572. The summed E-state index contributed by atoms with van der Waals surface area (Å²) in [6.07, 6.45) is 4.28. The third kappa shape index (κ3) is 8.83. The van der Waals surface area contributed by atoms with E-state index in [9.17, 15) is 19.7 Å². The van der Waals surface area contributed by atoms with Crippen LogP contribution >= 0.6 is 0 Å². The number of rotatable bonds is 12. The molecule has 0 aliphatic heterocycles. The van der Waals surface area contributed by atoms with Gasteiger partial charge in [0.1, 0.15) is 0 Å². The highest BCUT2D eigenvalue weighted by molar-refractivity contribution is 5.77. The first-order valence-corrected chi connectivity index (χ1v) is 8.58. The molecule has 25 heavy (non-hydrogen) atoms. The van der Waals surface area contributed by atoms with Crippen LogP contribution in [0.15, 0.2) is 24.3 Å². The van der Waals surface area contributed by atoms with Gasteiger partial charge < -0.3 is 9.47 Å². The molecule has 0 aliphatic carbocycles. The van der Waals surface area contributed by atoms with Crippen LogP contribution in [0.2, 0.25) is 0 Å². The molecule has 0 saturated carbocycles. The third-order valence-electron chi connectivity index (χ3n) is 3.62. The maximum absolute atomic E-state index is 11.6. The molecule has 0 amide bonds. The van der Waals surface area contributed by atoms with E-state index in [2.05, 4.69) is 6.92 Å². The van der Waals surface area contributed by atoms with Gasteiger partial charge in [0.05, 0.1) is 31.0 Å². The molecule has 0 aromatic heterocycles. The lowest BCUT2D eigenvalue weighted by atomic mass is 10.1. The maximum atomic E-state index is 11.6. The molecule has 0 bridgehead atoms. The fourth-order valence-electron chi connectivity index (χ4n) is 2.24. The average molecular weight is 351 g/mol. The first-order valence-electron chi connectivity index (χ1n) is 8.58. The van der Waals surface area contributed by atoms with E-state index in [1.807, 2.05) is 0 Å². The summed E-state index contributed by atoms with van der Waals surface area (Å²) in [4.78, 5) is 33.5. The Hall–Kier alpha value is -2.44. The number of hydrogen-bond acceptors (Lipinski definition) is 6. The van der Waals surface area contributed by atoms with Crippen LogP contribution < -0.4 is 0 Å². The molecule has 0 radical (unpaired) electrons. The zero-order valence-corrected chi connectivity index (χ0v) is 14.6. The largest absolute Gasteiger partial charge is 0.466 e. The Morgan fingerprint density at radius 2 is 1.64 bits per heavy atom. The average Bonchev–Trinajstić information content (AvgIpc) is 2.60. The number of esters is 2. The molecule has 0 spiro atoms. The number of unbranched alkanes of at least 4 members (excludes halogenated alkanes) is 3. The van der Waals surface area contributed by atoms with Crippen molar-refractivity contribution >= 4 is 17.6 Å². The molecule has 7 heteroatoms. The number of para-hydroxylation sites is 1. The number of nitrogens with zero attached hydrogens (tertiary/aromatic N) is 1. The van der Waals surface area contributed by atoms with Crippen LogP contribution in [0.5, 0.6) is 0 Å². The highest BCUT2D eigenvalue weighted by atomic mass is 16.6. The Labute approximate surface area is 147 Å². The number of nitro benzene ring substituents is 1. The molecule has 0 fully saturated rings. The number of ether oxygens (including phenoxy) is 2. The lowest BCUT2D eigenvalue weighted by Crippen LogP contribution is -2.12. The summed E-state index contributed by atoms with van der Waals surface area (Å²) >= 11 is 0. The molecule has 0 aliphatic rings. The molecule has 1 aromatic rings. The first-order chi connectivity index (χ1) is 12.0. The Morgan fingerprint density at radius 1 is 1.00 bits per heavy atom. The van der Waals surface area contributed by atoms with Gasteiger partial charge >= 0.3 is 11.9 Å². The number of nitro groups is 1. The lowest BCUT2D eigenvalue weighted by Gasteiger charge is -2.06. The quantitative estimate of drug-likeness (QED) is 0.247. The number of carbonyl (C=O) groups excluding carboxylic acids is 2. The van der Waals surface area contributed by atoms with E-state index in [0.717, 1.165) is 25.7 Å². The molecule has 7 nitrogen and oxygen atoms in total. The third-order valence-corrected chi connectivity index (χ3v) is 3.62. The van der Waals surface area contributed by atoms with Gasteiger partial charge in [0.2, 0.25) is 0 Å². The topological polar surface area (TPSA) is 95.7 Å². The molecule has 0 atom stereocenters. The van der Waals surface area contributed by atoms with Crippen molar-refractivity contribution in [3.63, 3.8) is 0 Å². The summed E-state index contributed by atoms with van der Waals surface area (Å²) in [5.41, 5.74) is 0.511. The van der Waals surface area contributed by atoms with Gasteiger partial charge in [-0.3, -0.25) is 19.7 Å². The summed E-state index contributed by atoms with van der Waals surface area (Å²) < 4.78 is 10.1. The molecule has 0 heterocycles. The van der Waals surface area contributed by atoms with E-state index < -0.39 is 16.9 Å². The standard InChI is InChI=1S/C18H25NO6/c1-2-3-4-7-13-24-17(20)10-11-18(21)25-14-12-15-8-5-6-9-16(15)19(22)23/h5-6,8-9H,2-4,7,10-14H2,1H3. The number of carbonyl (C=O) groups is 2. The fourth-order valence-corrected chi connectivity index (χ4v) is 2.24. The van der Waals surface area contributed by atoms with Crippen LogP contribution in [0.1, 0.15) is 51.0 Å². The molecular weight excluding hydrogens is 326 g/mol. The Kier molecular flexibility index (Phi) is 9.89. The summed E-state index contributed by atoms with van der Waals surface area (Å²) in [5.74, 6) is -0.923. The zero-order valence-electron chi connectivity index (χ0n) is 14.6. The normalized spacial score (nSPS) is 10.3. The van der Waals surface area contributed by atoms with Crippen LogP contribution in [0.25, 0.3) is 0 Å². The van der Waals surface area contributed by atoms with Crippen molar-refractivity contribution in [2.24, 2.45) is 0 Å². The molecule has 0 saturated heterocycles. The van der Waals surface area contributed by atoms with Crippen LogP contribution in [-0.4, -0.2) is 30.1 Å². The highest BCUT2D eigenvalue weighted by Crippen LogP contribution is 2.18. The molecule has 138 valence electrons. The van der Waals surface area contributed by atoms with Gasteiger partial charge in [-0.1, -0.05) is 44.4 Å². The van der Waals surface area contributed by atoms with Crippen molar-refractivity contribution < 1.29 is 24.0 Å². The van der Waals surface area contributed by atoms with Gasteiger partial charge in [-0.2, -0.15) is 0 Å². The summed E-state index contributed by atoms with van der Waals surface area (Å²) in [7, 11) is 0. The minimum absolute atomic E-state index is 0.00481. The molecule has 0 unspecified atom stereocenters. The zero-order chi connectivity index (χ0) is 18.5. The fraction of sp³-hybridized carbons (Fsp3) is 0.556. The van der Waals surface area contributed by atoms with Crippen molar-refractivity contribution in [3.8, 4) is 0 Å². The second-order valence-corrected chi connectivity index (χ2v) is 5.64. The smallest absolute Gasteiger partial charge is 0.306 e. The Morgan fingerprint density at radius 3 is 2.28 bits per heavy atom. The maximum Gasteiger partial charge on any atom is 0.306 e. The second-order valence-electron chi connectivity index (χ2n) is 5.64. The van der Waals surface area contributed by atoms with E-state index in [1.54, 1.807) is 18.2 Å². The van der Waals surface area contributed by atoms with Crippen LogP contribution in [0, 0.1) is 10.1 Å². The lowest BCUT2D eigenvalue weighted by molar-refractivity contribution is -0.385. The summed E-state index contributed by atoms with van der Waals surface area (Å²) in [5, 5.41) is 10.9.